The number of ether oxygens (including phenoxy) is 3. The normalized spacial score (nSPS) is 12.4. The molecule has 0 saturated carbocycles. The van der Waals surface area contributed by atoms with Crippen molar-refractivity contribution in [2.75, 3.05) is 18.7 Å². The molecule has 1 heterocycles. The molecule has 0 saturated heterocycles. The standard InChI is InChI=1S/C23H21FN2O4/c24-18-11-16(22-17(12-18)14-28-15-29-22)9-10-25-23(27)26-19-5-4-8-21(13-19)30-20-6-2-1-3-7-20/h1-8,11-13H,9-10,14-15H2,(H2,25,26,27). The molecule has 7 heteroatoms. The van der Waals surface area contributed by atoms with Crippen LogP contribution in [0.5, 0.6) is 17.2 Å². The van der Waals surface area contributed by atoms with Crippen molar-refractivity contribution in [1.82, 2.24) is 5.32 Å². The molecule has 30 heavy (non-hydrogen) atoms. The molecule has 0 atom stereocenters. The molecule has 0 unspecified atom stereocenters. The SMILES string of the molecule is O=C(NCCc1cc(F)cc2c1OCOC2)Nc1cccc(Oc2ccccc2)c1. The molecule has 0 bridgehead atoms. The summed E-state index contributed by atoms with van der Waals surface area (Å²) in [5, 5.41) is 5.55. The Kier molecular flexibility index (Phi) is 6.10. The Labute approximate surface area is 173 Å². The highest BCUT2D eigenvalue weighted by atomic mass is 19.1. The summed E-state index contributed by atoms with van der Waals surface area (Å²) in [4.78, 5) is 12.2. The van der Waals surface area contributed by atoms with Crippen LogP contribution in [0.1, 0.15) is 11.1 Å². The van der Waals surface area contributed by atoms with Gasteiger partial charge in [-0.1, -0.05) is 24.3 Å². The lowest BCUT2D eigenvalue weighted by Crippen LogP contribution is -2.30. The van der Waals surface area contributed by atoms with Gasteiger partial charge < -0.3 is 24.8 Å². The largest absolute Gasteiger partial charge is 0.467 e. The van der Waals surface area contributed by atoms with Crippen LogP contribution in [0.15, 0.2) is 66.7 Å². The second kappa shape index (κ2) is 9.28. The van der Waals surface area contributed by atoms with Gasteiger partial charge in [-0.3, -0.25) is 0 Å². The topological polar surface area (TPSA) is 68.8 Å². The van der Waals surface area contributed by atoms with Crippen LogP contribution in [0.3, 0.4) is 0 Å². The fourth-order valence-corrected chi connectivity index (χ4v) is 3.19. The number of hydrogen-bond donors (Lipinski definition) is 2. The van der Waals surface area contributed by atoms with Crippen LogP contribution in [0.25, 0.3) is 0 Å². The smallest absolute Gasteiger partial charge is 0.319 e. The third kappa shape index (κ3) is 5.07. The Morgan fingerprint density at radius 3 is 2.73 bits per heavy atom. The van der Waals surface area contributed by atoms with Gasteiger partial charge in [-0.15, -0.1) is 0 Å². The van der Waals surface area contributed by atoms with Crippen molar-refractivity contribution < 1.29 is 23.4 Å². The van der Waals surface area contributed by atoms with Crippen LogP contribution in [0.4, 0.5) is 14.9 Å². The van der Waals surface area contributed by atoms with Gasteiger partial charge in [-0.25, -0.2) is 9.18 Å². The van der Waals surface area contributed by atoms with E-state index in [0.29, 0.717) is 53.6 Å². The van der Waals surface area contributed by atoms with E-state index in [-0.39, 0.29) is 18.6 Å². The minimum atomic E-state index is -0.360. The first-order valence-electron chi connectivity index (χ1n) is 9.57. The fourth-order valence-electron chi connectivity index (χ4n) is 3.19. The molecule has 1 aliphatic rings. The molecule has 2 N–H and O–H groups in total. The van der Waals surface area contributed by atoms with Crippen molar-refractivity contribution in [2.24, 2.45) is 0 Å². The van der Waals surface area contributed by atoms with E-state index in [4.69, 9.17) is 14.2 Å². The fraction of sp³-hybridized carbons (Fsp3) is 0.174. The molecule has 3 aromatic carbocycles. The van der Waals surface area contributed by atoms with Crippen molar-refractivity contribution in [2.45, 2.75) is 13.0 Å². The highest BCUT2D eigenvalue weighted by Gasteiger charge is 2.17. The molecule has 4 rings (SSSR count). The number of carbonyl (C=O) groups is 1. The third-order valence-corrected chi connectivity index (χ3v) is 4.50. The zero-order valence-corrected chi connectivity index (χ0v) is 16.2. The maximum absolute atomic E-state index is 13.8. The first-order valence-corrected chi connectivity index (χ1v) is 9.57. The van der Waals surface area contributed by atoms with Crippen LogP contribution < -0.4 is 20.1 Å². The Balaban J connectivity index is 1.31. The maximum Gasteiger partial charge on any atom is 0.319 e. The van der Waals surface area contributed by atoms with E-state index >= 15 is 0 Å². The molecule has 0 radical (unpaired) electrons. The number of benzene rings is 3. The van der Waals surface area contributed by atoms with Gasteiger partial charge in [-0.05, 0) is 48.4 Å². The van der Waals surface area contributed by atoms with Crippen LogP contribution >= 0.6 is 0 Å². The van der Waals surface area contributed by atoms with E-state index in [1.54, 1.807) is 18.2 Å². The molecule has 0 aliphatic carbocycles. The third-order valence-electron chi connectivity index (χ3n) is 4.50. The summed E-state index contributed by atoms with van der Waals surface area (Å²) < 4.78 is 30.2. The lowest BCUT2D eigenvalue weighted by molar-refractivity contribution is -0.0172. The van der Waals surface area contributed by atoms with Crippen LogP contribution in [-0.2, 0) is 17.8 Å². The number of fused-ring (bicyclic) bond motifs is 1. The summed E-state index contributed by atoms with van der Waals surface area (Å²) >= 11 is 0. The summed E-state index contributed by atoms with van der Waals surface area (Å²) in [6.07, 6.45) is 0.435. The molecule has 0 spiro atoms. The number of para-hydroxylation sites is 1. The van der Waals surface area contributed by atoms with E-state index < -0.39 is 0 Å². The summed E-state index contributed by atoms with van der Waals surface area (Å²) in [6.45, 7) is 0.780. The number of nitrogens with one attached hydrogen (secondary N) is 2. The van der Waals surface area contributed by atoms with Crippen molar-refractivity contribution in [3.63, 3.8) is 0 Å². The summed E-state index contributed by atoms with van der Waals surface area (Å²) in [6, 6.07) is 19.0. The molecule has 6 nitrogen and oxygen atoms in total. The lowest BCUT2D eigenvalue weighted by atomic mass is 10.1. The van der Waals surface area contributed by atoms with Gasteiger partial charge >= 0.3 is 6.03 Å². The average Bonchev–Trinajstić information content (AvgIpc) is 2.74. The van der Waals surface area contributed by atoms with Gasteiger partial charge in [0.25, 0.3) is 0 Å². The predicted molar refractivity (Wildman–Crippen MR) is 110 cm³/mol. The quantitative estimate of drug-likeness (QED) is 0.612. The molecule has 0 fully saturated rings. The van der Waals surface area contributed by atoms with E-state index in [0.717, 1.165) is 0 Å². The Morgan fingerprint density at radius 1 is 1.03 bits per heavy atom. The van der Waals surface area contributed by atoms with E-state index in [1.807, 2.05) is 36.4 Å². The molecular weight excluding hydrogens is 387 g/mol. The van der Waals surface area contributed by atoms with E-state index in [2.05, 4.69) is 10.6 Å². The van der Waals surface area contributed by atoms with Crippen molar-refractivity contribution in [1.29, 1.82) is 0 Å². The molecule has 1 aliphatic heterocycles. The number of urea groups is 1. The van der Waals surface area contributed by atoms with E-state index in [9.17, 15) is 9.18 Å². The highest BCUT2D eigenvalue weighted by molar-refractivity contribution is 5.89. The summed E-state index contributed by atoms with van der Waals surface area (Å²) in [7, 11) is 0. The zero-order valence-electron chi connectivity index (χ0n) is 16.2. The second-order valence-corrected chi connectivity index (χ2v) is 6.74. The van der Waals surface area contributed by atoms with Gasteiger partial charge in [0.2, 0.25) is 0 Å². The first kappa shape index (κ1) is 19.7. The number of halogens is 1. The maximum atomic E-state index is 13.8. The number of hydrogen-bond acceptors (Lipinski definition) is 4. The van der Waals surface area contributed by atoms with Gasteiger partial charge in [0.1, 0.15) is 23.1 Å². The second-order valence-electron chi connectivity index (χ2n) is 6.74. The van der Waals surface area contributed by atoms with Crippen LogP contribution in [0.2, 0.25) is 0 Å². The van der Waals surface area contributed by atoms with Crippen molar-refractivity contribution in [3.05, 3.63) is 83.7 Å². The minimum absolute atomic E-state index is 0.140. The lowest BCUT2D eigenvalue weighted by Gasteiger charge is -2.21. The predicted octanol–water partition coefficient (Wildman–Crippen LogP) is 4.85. The number of rotatable bonds is 6. The number of amides is 2. The first-order chi connectivity index (χ1) is 14.7. The Morgan fingerprint density at radius 2 is 1.87 bits per heavy atom. The Hall–Kier alpha value is -3.58. The molecular formula is C23H21FN2O4. The monoisotopic (exact) mass is 408 g/mol. The van der Waals surface area contributed by atoms with Gasteiger partial charge in [0.05, 0.1) is 6.61 Å². The van der Waals surface area contributed by atoms with Gasteiger partial charge in [0.15, 0.2) is 6.79 Å². The minimum Gasteiger partial charge on any atom is -0.467 e. The highest BCUT2D eigenvalue weighted by Crippen LogP contribution is 2.29. The average molecular weight is 408 g/mol. The zero-order chi connectivity index (χ0) is 20.8. The van der Waals surface area contributed by atoms with Crippen molar-refractivity contribution >= 4 is 11.7 Å². The van der Waals surface area contributed by atoms with Gasteiger partial charge in [-0.2, -0.15) is 0 Å². The van der Waals surface area contributed by atoms with Crippen LogP contribution in [-0.4, -0.2) is 19.4 Å². The Bertz CT molecular complexity index is 1030. The van der Waals surface area contributed by atoms with Crippen LogP contribution in [0, 0.1) is 5.82 Å². The molecule has 3 aromatic rings. The molecule has 154 valence electrons. The summed E-state index contributed by atoms with van der Waals surface area (Å²) in [5.41, 5.74) is 1.98. The van der Waals surface area contributed by atoms with Crippen molar-refractivity contribution in [3.8, 4) is 17.2 Å². The number of carbonyl (C=O) groups excluding carboxylic acids is 1. The van der Waals surface area contributed by atoms with Gasteiger partial charge in [0, 0.05) is 23.9 Å². The summed E-state index contributed by atoms with van der Waals surface area (Å²) in [5.74, 6) is 1.61. The number of anilines is 1. The molecule has 0 aromatic heterocycles. The van der Waals surface area contributed by atoms with E-state index in [1.165, 1.54) is 12.1 Å². The molecule has 2 amide bonds.